The lowest BCUT2D eigenvalue weighted by molar-refractivity contribution is -0.668. The van der Waals surface area contributed by atoms with Gasteiger partial charge in [0, 0.05) is 48.3 Å². The van der Waals surface area contributed by atoms with E-state index in [0.717, 1.165) is 23.7 Å². The van der Waals surface area contributed by atoms with Gasteiger partial charge in [0.2, 0.25) is 5.52 Å². The van der Waals surface area contributed by atoms with Crippen molar-refractivity contribution >= 4 is 59.5 Å². The van der Waals surface area contributed by atoms with Crippen molar-refractivity contribution in [2.45, 2.75) is 75.6 Å². The van der Waals surface area contributed by atoms with E-state index in [1.165, 1.54) is 22.3 Å². The lowest BCUT2D eigenvalue weighted by atomic mass is 9.77. The first kappa shape index (κ1) is 35.5. The Morgan fingerprint density at radius 1 is 1.00 bits per heavy atom. The van der Waals surface area contributed by atoms with Crippen LogP contribution in [-0.4, -0.2) is 49.3 Å². The van der Waals surface area contributed by atoms with E-state index in [0.29, 0.717) is 36.9 Å². The summed E-state index contributed by atoms with van der Waals surface area (Å²) in [4.78, 5) is 12.7. The minimum Gasteiger partial charge on any atom is -0.481 e. The predicted octanol–water partition coefficient (Wildman–Crippen LogP) is 6.39. The number of aromatic nitrogens is 1. The molecule has 13 heteroatoms. The third-order valence-corrected chi connectivity index (χ3v) is 10.9. The number of carboxylic acids is 1. The van der Waals surface area contributed by atoms with E-state index in [2.05, 4.69) is 29.7 Å². The topological polar surface area (TPSA) is 153 Å². The zero-order valence-corrected chi connectivity index (χ0v) is 28.5. The minimum atomic E-state index is -4.49. The number of aliphatic carboxylic acids is 1. The van der Waals surface area contributed by atoms with Crippen molar-refractivity contribution in [3.05, 3.63) is 83.0 Å². The zero-order chi connectivity index (χ0) is 33.5. The van der Waals surface area contributed by atoms with Gasteiger partial charge in [0.25, 0.3) is 25.2 Å². The fourth-order valence-electron chi connectivity index (χ4n) is 6.01. The Bertz CT molecular complexity index is 1880. The summed E-state index contributed by atoms with van der Waals surface area (Å²) in [5, 5.41) is 10.2. The number of unbranched alkanes of at least 4 members (excludes halogenated alkanes) is 2. The third kappa shape index (κ3) is 8.71. The Hall–Kier alpha value is -3.36. The minimum absolute atomic E-state index is 0.0534. The lowest BCUT2D eigenvalue weighted by Crippen LogP contribution is -2.34. The maximum Gasteiger partial charge on any atom is 0.303 e. The van der Waals surface area contributed by atoms with Crippen LogP contribution in [0, 0.1) is 0 Å². The van der Waals surface area contributed by atoms with Gasteiger partial charge in [0.05, 0.1) is 10.6 Å². The van der Waals surface area contributed by atoms with Crippen LogP contribution in [0.3, 0.4) is 0 Å². The second kappa shape index (κ2) is 15.0. The fourth-order valence-corrected chi connectivity index (χ4v) is 8.11. The number of carboxylic acid groups (broad SMARTS) is 1. The molecule has 2 aromatic carbocycles. The molecule has 2 heterocycles. The van der Waals surface area contributed by atoms with Crippen molar-refractivity contribution < 1.29 is 40.4 Å². The van der Waals surface area contributed by atoms with Gasteiger partial charge in [-0.1, -0.05) is 61.5 Å². The van der Waals surface area contributed by atoms with Gasteiger partial charge in [-0.2, -0.15) is 21.4 Å². The van der Waals surface area contributed by atoms with Crippen LogP contribution in [-0.2, 0) is 37.0 Å². The first-order valence-corrected chi connectivity index (χ1v) is 19.1. The lowest BCUT2D eigenvalue weighted by Gasteiger charge is -2.30. The van der Waals surface area contributed by atoms with E-state index in [9.17, 15) is 30.7 Å². The largest absolute Gasteiger partial charge is 0.481 e. The summed E-state index contributed by atoms with van der Waals surface area (Å²) in [6.07, 6.45) is 13.3. The molecule has 46 heavy (non-hydrogen) atoms. The Balaban J connectivity index is 1.71. The highest BCUT2D eigenvalue weighted by Gasteiger charge is 2.43. The molecule has 0 aliphatic carbocycles. The number of carbonyl (C=O) groups is 1. The van der Waals surface area contributed by atoms with Crippen molar-refractivity contribution in [3.63, 3.8) is 0 Å². The fraction of sp³-hybridized carbons (Fsp3) is 0.394. The number of rotatable bonds is 16. The molecule has 0 fully saturated rings. The quantitative estimate of drug-likeness (QED) is 0.0672. The van der Waals surface area contributed by atoms with Crippen LogP contribution in [0.15, 0.2) is 77.4 Å². The van der Waals surface area contributed by atoms with Gasteiger partial charge in [-0.3, -0.25) is 13.9 Å². The summed E-state index contributed by atoms with van der Waals surface area (Å²) in [6, 6.07) is 12.7. The number of allylic oxidation sites excluding steroid dienone is 5. The van der Waals surface area contributed by atoms with Crippen LogP contribution in [0.5, 0.6) is 0 Å². The number of nitrogens with zero attached hydrogens (tertiary/aromatic N) is 2. The molecule has 3 N–H and O–H groups in total. The van der Waals surface area contributed by atoms with Crippen molar-refractivity contribution in [1.29, 1.82) is 0 Å². The molecule has 1 aliphatic rings. The molecule has 0 amide bonds. The van der Waals surface area contributed by atoms with Crippen molar-refractivity contribution in [3.8, 4) is 0 Å². The van der Waals surface area contributed by atoms with E-state index in [-0.39, 0.29) is 24.3 Å². The second-order valence-corrected chi connectivity index (χ2v) is 15.6. The van der Waals surface area contributed by atoms with Crippen molar-refractivity contribution in [2.75, 3.05) is 17.2 Å². The molecule has 0 saturated carbocycles. The summed E-state index contributed by atoms with van der Waals surface area (Å²) >= 11 is 1.71. The molecule has 1 aliphatic heterocycles. The van der Waals surface area contributed by atoms with Gasteiger partial charge in [0.1, 0.15) is 11.2 Å². The maximum atomic E-state index is 12.1. The Kier molecular flexibility index (Phi) is 11.6. The standard InChI is InChI=1S/C33H40N2O8S3/c1-3-21-35-28-13-9-10-14-29(28)44-31(35)16-7-4-6-15-30-33(2,20-11-5-8-17-32(36)37)26-24-25(46(41,42)43)18-19-27(26)34(30)22-12-23-45(38,39)40/h4,6-7,9-10,13-16,18-19,24H,3,5,8,11-12,17,20-23H2,1-2H3,(H2-,36,37,38,39,40,41,42,43)/p+1. The molecule has 4 rings (SSSR count). The monoisotopic (exact) mass is 689 g/mol. The zero-order valence-electron chi connectivity index (χ0n) is 26.0. The van der Waals surface area contributed by atoms with Crippen LogP contribution in [0.1, 0.15) is 69.4 Å². The van der Waals surface area contributed by atoms with Gasteiger partial charge >= 0.3 is 5.97 Å². The number of thiazole rings is 1. The summed E-state index contributed by atoms with van der Waals surface area (Å²) in [6.45, 7) is 5.24. The van der Waals surface area contributed by atoms with E-state index in [1.807, 2.05) is 48.3 Å². The van der Waals surface area contributed by atoms with Crippen molar-refractivity contribution in [2.24, 2.45) is 0 Å². The van der Waals surface area contributed by atoms with E-state index < -0.39 is 37.4 Å². The number of para-hydroxylation sites is 1. The van der Waals surface area contributed by atoms with Crippen LogP contribution >= 0.6 is 11.3 Å². The highest BCUT2D eigenvalue weighted by Crippen LogP contribution is 2.51. The van der Waals surface area contributed by atoms with Crippen LogP contribution in [0.25, 0.3) is 16.3 Å². The molecule has 0 radical (unpaired) electrons. The number of benzene rings is 2. The van der Waals surface area contributed by atoms with Crippen molar-refractivity contribution in [1.82, 2.24) is 0 Å². The summed E-state index contributed by atoms with van der Waals surface area (Å²) in [7, 11) is -8.68. The molecule has 0 spiro atoms. The predicted molar refractivity (Wildman–Crippen MR) is 181 cm³/mol. The first-order chi connectivity index (χ1) is 21.7. The molecular formula is C33H41N2O8S3+. The van der Waals surface area contributed by atoms with Gasteiger partial charge in [0.15, 0.2) is 0 Å². The molecule has 1 aromatic heterocycles. The number of aryl methyl sites for hydroxylation is 1. The molecule has 3 aromatic rings. The van der Waals surface area contributed by atoms with Gasteiger partial charge < -0.3 is 10.0 Å². The Labute approximate surface area is 274 Å². The summed E-state index contributed by atoms with van der Waals surface area (Å²) in [5.41, 5.74) is 2.59. The van der Waals surface area contributed by atoms with E-state index in [1.54, 1.807) is 17.4 Å². The van der Waals surface area contributed by atoms with Gasteiger partial charge in [-0.25, -0.2) is 0 Å². The summed E-state index contributed by atoms with van der Waals surface area (Å²) < 4.78 is 69.9. The molecule has 1 unspecified atom stereocenters. The molecular weight excluding hydrogens is 649 g/mol. The SMILES string of the molecule is CCC[n+]1c(C=CC=CC=C2N(CCCS(=O)(=O)O)c3ccc(S(=O)(=O)O)cc3C2(C)CCCCCC(=O)O)sc2ccccc21. The maximum absolute atomic E-state index is 12.1. The molecule has 248 valence electrons. The van der Waals surface area contributed by atoms with E-state index >= 15 is 0 Å². The highest BCUT2D eigenvalue weighted by molar-refractivity contribution is 7.86. The Morgan fingerprint density at radius 3 is 2.46 bits per heavy atom. The number of fused-ring (bicyclic) bond motifs is 2. The highest BCUT2D eigenvalue weighted by atomic mass is 32.2. The van der Waals surface area contributed by atoms with Crippen LogP contribution in [0.2, 0.25) is 0 Å². The average Bonchev–Trinajstić information content (AvgIpc) is 3.44. The average molecular weight is 690 g/mol. The molecule has 0 saturated heterocycles. The normalized spacial score (nSPS) is 18.0. The van der Waals surface area contributed by atoms with E-state index in [4.69, 9.17) is 5.11 Å². The van der Waals surface area contributed by atoms with Crippen LogP contribution < -0.4 is 9.47 Å². The Morgan fingerprint density at radius 2 is 1.76 bits per heavy atom. The van der Waals surface area contributed by atoms with Crippen LogP contribution in [0.4, 0.5) is 5.69 Å². The third-order valence-electron chi connectivity index (χ3n) is 8.16. The first-order valence-electron chi connectivity index (χ1n) is 15.3. The second-order valence-electron chi connectivity index (χ2n) is 11.6. The number of hydrogen-bond acceptors (Lipinski definition) is 7. The smallest absolute Gasteiger partial charge is 0.303 e. The number of hydrogen-bond donors (Lipinski definition) is 3. The molecule has 0 bridgehead atoms. The molecule has 1 atom stereocenters. The summed E-state index contributed by atoms with van der Waals surface area (Å²) in [5.74, 6) is -1.30. The van der Waals surface area contributed by atoms with Gasteiger partial charge in [-0.15, -0.1) is 0 Å². The van der Waals surface area contributed by atoms with Gasteiger partial charge in [-0.05, 0) is 62.1 Å². The number of anilines is 1. The molecule has 10 nitrogen and oxygen atoms in total.